The zero-order valence-electron chi connectivity index (χ0n) is 14.6. The van der Waals surface area contributed by atoms with Crippen molar-refractivity contribution in [2.45, 2.75) is 32.8 Å². The predicted molar refractivity (Wildman–Crippen MR) is 96.6 cm³/mol. The number of pyridine rings is 1. The van der Waals surface area contributed by atoms with Crippen molar-refractivity contribution < 1.29 is 9.53 Å². The second kappa shape index (κ2) is 9.97. The fourth-order valence-electron chi connectivity index (χ4n) is 1.76. The molecule has 0 saturated carbocycles. The molecular weight excluding hydrogens is 330 g/mol. The van der Waals surface area contributed by atoms with Crippen molar-refractivity contribution in [1.29, 1.82) is 0 Å². The van der Waals surface area contributed by atoms with Gasteiger partial charge in [-0.1, -0.05) is 17.7 Å². The fourth-order valence-corrected chi connectivity index (χ4v) is 1.87. The molecule has 0 aliphatic rings. The van der Waals surface area contributed by atoms with E-state index in [1.54, 1.807) is 19.3 Å². The summed E-state index contributed by atoms with van der Waals surface area (Å²) in [6.45, 7) is 7.17. The van der Waals surface area contributed by atoms with Crippen LogP contribution in [-0.2, 0) is 11.2 Å². The number of hydrogen-bond donors (Lipinski definition) is 3. The molecule has 0 fully saturated rings. The SMILES string of the molecule is CN=C(NCCNC(=O)OC(C)(C)C)NCCc1ccc(Cl)nc1. The Morgan fingerprint density at radius 1 is 1.21 bits per heavy atom. The number of hydrogen-bond acceptors (Lipinski definition) is 4. The van der Waals surface area contributed by atoms with Gasteiger partial charge in [0.2, 0.25) is 0 Å². The first-order valence-electron chi connectivity index (χ1n) is 7.82. The van der Waals surface area contributed by atoms with Crippen LogP contribution in [0.1, 0.15) is 26.3 Å². The van der Waals surface area contributed by atoms with Gasteiger partial charge < -0.3 is 20.7 Å². The highest BCUT2D eigenvalue weighted by molar-refractivity contribution is 6.29. The van der Waals surface area contributed by atoms with Crippen LogP contribution < -0.4 is 16.0 Å². The summed E-state index contributed by atoms with van der Waals surface area (Å²) in [6, 6.07) is 3.71. The number of aromatic nitrogens is 1. The van der Waals surface area contributed by atoms with E-state index in [1.165, 1.54) is 0 Å². The van der Waals surface area contributed by atoms with E-state index in [9.17, 15) is 4.79 Å². The highest BCUT2D eigenvalue weighted by Gasteiger charge is 2.15. The molecular formula is C16H26ClN5O2. The number of guanidine groups is 1. The van der Waals surface area contributed by atoms with E-state index >= 15 is 0 Å². The number of ether oxygens (including phenoxy) is 1. The lowest BCUT2D eigenvalue weighted by Gasteiger charge is -2.19. The Morgan fingerprint density at radius 3 is 2.46 bits per heavy atom. The Bertz CT molecular complexity index is 540. The summed E-state index contributed by atoms with van der Waals surface area (Å²) in [5.74, 6) is 0.669. The molecule has 1 rings (SSSR count). The molecule has 0 aromatic carbocycles. The molecule has 1 heterocycles. The zero-order chi connectivity index (χ0) is 18.0. The smallest absolute Gasteiger partial charge is 0.407 e. The number of aliphatic imine (C=N–C) groups is 1. The van der Waals surface area contributed by atoms with E-state index in [1.807, 2.05) is 26.8 Å². The van der Waals surface area contributed by atoms with Gasteiger partial charge in [-0.25, -0.2) is 9.78 Å². The van der Waals surface area contributed by atoms with Crippen molar-refractivity contribution in [3.63, 3.8) is 0 Å². The summed E-state index contributed by atoms with van der Waals surface area (Å²) in [5.41, 5.74) is 0.597. The van der Waals surface area contributed by atoms with Crippen molar-refractivity contribution in [2.75, 3.05) is 26.7 Å². The summed E-state index contributed by atoms with van der Waals surface area (Å²) < 4.78 is 5.15. The van der Waals surface area contributed by atoms with Crippen LogP contribution in [-0.4, -0.2) is 49.3 Å². The minimum Gasteiger partial charge on any atom is -0.444 e. The number of nitrogens with one attached hydrogen (secondary N) is 3. The minimum atomic E-state index is -0.494. The van der Waals surface area contributed by atoms with Crippen LogP contribution >= 0.6 is 11.6 Å². The Balaban J connectivity index is 2.19. The van der Waals surface area contributed by atoms with Crippen LogP contribution in [0.25, 0.3) is 0 Å². The standard InChI is InChI=1S/C16H26ClN5O2/c1-16(2,3)24-15(23)21-10-9-20-14(18-4)19-8-7-12-5-6-13(17)22-11-12/h5-6,11H,7-10H2,1-4H3,(H,21,23)(H2,18,19,20). The Hall–Kier alpha value is -2.02. The normalized spacial score (nSPS) is 11.8. The first-order valence-corrected chi connectivity index (χ1v) is 8.20. The van der Waals surface area contributed by atoms with Gasteiger partial charge in [-0.3, -0.25) is 4.99 Å². The van der Waals surface area contributed by atoms with Gasteiger partial charge in [-0.05, 0) is 38.8 Å². The van der Waals surface area contributed by atoms with Crippen LogP contribution in [0.4, 0.5) is 4.79 Å². The minimum absolute atomic E-state index is 0.428. The van der Waals surface area contributed by atoms with Gasteiger partial charge in [0, 0.05) is 32.9 Å². The third kappa shape index (κ3) is 9.19. The molecule has 0 saturated heterocycles. The van der Waals surface area contributed by atoms with E-state index in [-0.39, 0.29) is 0 Å². The Morgan fingerprint density at radius 2 is 1.88 bits per heavy atom. The van der Waals surface area contributed by atoms with E-state index in [0.717, 1.165) is 12.0 Å². The Labute approximate surface area is 148 Å². The third-order valence-corrected chi connectivity index (χ3v) is 3.03. The Kier molecular flexibility index (Phi) is 8.32. The topological polar surface area (TPSA) is 87.6 Å². The lowest BCUT2D eigenvalue weighted by molar-refractivity contribution is 0.0529. The molecule has 0 atom stereocenters. The number of carbonyl (C=O) groups excluding carboxylic acids is 1. The first-order chi connectivity index (χ1) is 11.3. The second-order valence-corrected chi connectivity index (χ2v) is 6.48. The monoisotopic (exact) mass is 355 g/mol. The van der Waals surface area contributed by atoms with E-state index in [0.29, 0.717) is 30.7 Å². The summed E-state index contributed by atoms with van der Waals surface area (Å²) in [4.78, 5) is 19.7. The lowest BCUT2D eigenvalue weighted by atomic mass is 10.2. The largest absolute Gasteiger partial charge is 0.444 e. The van der Waals surface area contributed by atoms with Crippen molar-refractivity contribution in [3.8, 4) is 0 Å². The molecule has 0 radical (unpaired) electrons. The van der Waals surface area contributed by atoms with Crippen LogP contribution in [0.2, 0.25) is 5.15 Å². The average molecular weight is 356 g/mol. The van der Waals surface area contributed by atoms with Crippen molar-refractivity contribution >= 4 is 23.7 Å². The van der Waals surface area contributed by atoms with Gasteiger partial charge in [-0.15, -0.1) is 0 Å². The molecule has 7 nitrogen and oxygen atoms in total. The second-order valence-electron chi connectivity index (χ2n) is 6.09. The molecule has 1 aromatic heterocycles. The molecule has 0 aliphatic carbocycles. The highest BCUT2D eigenvalue weighted by atomic mass is 35.5. The molecule has 24 heavy (non-hydrogen) atoms. The predicted octanol–water partition coefficient (Wildman–Crippen LogP) is 1.97. The maximum atomic E-state index is 11.5. The van der Waals surface area contributed by atoms with Crippen LogP contribution in [0.5, 0.6) is 0 Å². The lowest BCUT2D eigenvalue weighted by Crippen LogP contribution is -2.43. The fraction of sp³-hybridized carbons (Fsp3) is 0.562. The van der Waals surface area contributed by atoms with Crippen LogP contribution in [0.3, 0.4) is 0 Å². The van der Waals surface area contributed by atoms with Crippen LogP contribution in [0.15, 0.2) is 23.3 Å². The molecule has 3 N–H and O–H groups in total. The van der Waals surface area contributed by atoms with Crippen molar-refractivity contribution in [2.24, 2.45) is 4.99 Å². The van der Waals surface area contributed by atoms with Crippen LogP contribution in [0, 0.1) is 0 Å². The number of carbonyl (C=O) groups is 1. The number of nitrogens with zero attached hydrogens (tertiary/aromatic N) is 2. The van der Waals surface area contributed by atoms with Gasteiger partial charge in [-0.2, -0.15) is 0 Å². The van der Waals surface area contributed by atoms with Gasteiger partial charge in [0.1, 0.15) is 10.8 Å². The molecule has 0 unspecified atom stereocenters. The van der Waals surface area contributed by atoms with E-state index in [4.69, 9.17) is 16.3 Å². The number of rotatable bonds is 6. The van der Waals surface area contributed by atoms with Gasteiger partial charge in [0.05, 0.1) is 0 Å². The number of halogens is 1. The number of alkyl carbamates (subject to hydrolysis) is 1. The quantitative estimate of drug-likeness (QED) is 0.314. The van der Waals surface area contributed by atoms with Gasteiger partial charge in [0.25, 0.3) is 0 Å². The molecule has 134 valence electrons. The van der Waals surface area contributed by atoms with Gasteiger partial charge in [0.15, 0.2) is 5.96 Å². The zero-order valence-corrected chi connectivity index (χ0v) is 15.4. The number of amides is 1. The molecule has 0 aliphatic heterocycles. The van der Waals surface area contributed by atoms with E-state index < -0.39 is 11.7 Å². The van der Waals surface area contributed by atoms with Gasteiger partial charge >= 0.3 is 6.09 Å². The molecule has 0 spiro atoms. The summed E-state index contributed by atoms with van der Waals surface area (Å²) >= 11 is 5.75. The third-order valence-electron chi connectivity index (χ3n) is 2.80. The van der Waals surface area contributed by atoms with Crippen molar-refractivity contribution in [3.05, 3.63) is 29.0 Å². The molecule has 1 aromatic rings. The highest BCUT2D eigenvalue weighted by Crippen LogP contribution is 2.06. The summed E-state index contributed by atoms with van der Waals surface area (Å²) in [6.07, 6.45) is 2.13. The summed E-state index contributed by atoms with van der Waals surface area (Å²) in [7, 11) is 1.69. The first kappa shape index (κ1) is 20.0. The van der Waals surface area contributed by atoms with E-state index in [2.05, 4.69) is 25.9 Å². The summed E-state index contributed by atoms with van der Waals surface area (Å²) in [5, 5.41) is 9.47. The molecule has 0 bridgehead atoms. The average Bonchev–Trinajstić information content (AvgIpc) is 2.49. The molecule has 1 amide bonds. The molecule has 8 heteroatoms. The maximum absolute atomic E-state index is 11.5. The maximum Gasteiger partial charge on any atom is 0.407 e. The van der Waals surface area contributed by atoms with Crippen molar-refractivity contribution in [1.82, 2.24) is 20.9 Å².